The topological polar surface area (TPSA) is 101 Å². The molecule has 0 unspecified atom stereocenters. The zero-order valence-corrected chi connectivity index (χ0v) is 12.4. The van der Waals surface area contributed by atoms with Crippen LogP contribution in [-0.4, -0.2) is 25.9 Å². The van der Waals surface area contributed by atoms with E-state index in [1.807, 2.05) is 0 Å². The summed E-state index contributed by atoms with van der Waals surface area (Å²) < 4.78 is 28.8. The Labute approximate surface area is 124 Å². The van der Waals surface area contributed by atoms with E-state index in [4.69, 9.17) is 0 Å². The van der Waals surface area contributed by atoms with Crippen molar-refractivity contribution in [2.24, 2.45) is 0 Å². The van der Waals surface area contributed by atoms with Gasteiger partial charge in [-0.3, -0.25) is 10.1 Å². The third kappa shape index (κ3) is 5.07. The summed E-state index contributed by atoms with van der Waals surface area (Å²) in [5, 5.41) is 10.5. The van der Waals surface area contributed by atoms with Gasteiger partial charge in [0.05, 0.1) is 4.92 Å². The number of rotatable bonds is 7. The molecule has 116 valence electrons. The Morgan fingerprint density at radius 3 is 2.38 bits per heavy atom. The fourth-order valence-corrected chi connectivity index (χ4v) is 3.55. The second-order valence-electron chi connectivity index (χ2n) is 5.17. The summed E-state index contributed by atoms with van der Waals surface area (Å²) in [5.41, 5.74) is 0.881. The average Bonchev–Trinajstić information content (AvgIpc) is 2.91. The number of benzene rings is 1. The minimum absolute atomic E-state index is 0.0298. The molecule has 8 heteroatoms. The van der Waals surface area contributed by atoms with Gasteiger partial charge in [-0.25, -0.2) is 4.72 Å². The van der Waals surface area contributed by atoms with Crippen molar-refractivity contribution in [3.8, 4) is 0 Å². The van der Waals surface area contributed by atoms with Crippen LogP contribution < -0.4 is 9.44 Å². The molecule has 7 nitrogen and oxygen atoms in total. The molecule has 0 heterocycles. The standard InChI is InChI=1S/C13H19N3O4S/c17-16(18)13-7-5-11(6-8-13)9-10-14-21(19,20)15-12-3-1-2-4-12/h5-8,12,14-15H,1-4,9-10H2. The highest BCUT2D eigenvalue weighted by Gasteiger charge is 2.20. The van der Waals surface area contributed by atoms with Gasteiger partial charge in [-0.2, -0.15) is 13.1 Å². The molecule has 1 saturated carbocycles. The van der Waals surface area contributed by atoms with Crippen molar-refractivity contribution in [1.29, 1.82) is 0 Å². The van der Waals surface area contributed by atoms with Crippen molar-refractivity contribution in [1.82, 2.24) is 9.44 Å². The molecule has 1 aliphatic rings. The summed E-state index contributed by atoms with van der Waals surface area (Å²) in [6, 6.07) is 6.15. The number of nitrogens with zero attached hydrogens (tertiary/aromatic N) is 1. The van der Waals surface area contributed by atoms with E-state index < -0.39 is 15.1 Å². The summed E-state index contributed by atoms with van der Waals surface area (Å²) in [6.07, 6.45) is 4.40. The van der Waals surface area contributed by atoms with Gasteiger partial charge in [-0.15, -0.1) is 0 Å². The molecule has 0 aromatic heterocycles. The molecule has 21 heavy (non-hydrogen) atoms. The van der Waals surface area contributed by atoms with Crippen LogP contribution >= 0.6 is 0 Å². The summed E-state index contributed by atoms with van der Waals surface area (Å²) in [4.78, 5) is 10.1. The van der Waals surface area contributed by atoms with E-state index >= 15 is 0 Å². The smallest absolute Gasteiger partial charge is 0.258 e. The first-order chi connectivity index (χ1) is 9.96. The number of nitrogens with one attached hydrogen (secondary N) is 2. The maximum absolute atomic E-state index is 11.8. The lowest BCUT2D eigenvalue weighted by molar-refractivity contribution is -0.384. The van der Waals surface area contributed by atoms with E-state index in [1.54, 1.807) is 12.1 Å². The average molecular weight is 313 g/mol. The summed E-state index contributed by atoms with van der Waals surface area (Å²) >= 11 is 0. The van der Waals surface area contributed by atoms with E-state index in [0.29, 0.717) is 6.42 Å². The Kier molecular flexibility index (Phi) is 5.27. The second kappa shape index (κ2) is 6.97. The Balaban J connectivity index is 1.78. The van der Waals surface area contributed by atoms with Gasteiger partial charge in [0, 0.05) is 24.7 Å². The lowest BCUT2D eigenvalue weighted by Crippen LogP contribution is -2.42. The monoisotopic (exact) mass is 313 g/mol. The van der Waals surface area contributed by atoms with E-state index in [2.05, 4.69) is 9.44 Å². The maximum atomic E-state index is 11.8. The van der Waals surface area contributed by atoms with Gasteiger partial charge in [0.15, 0.2) is 0 Å². The molecule has 1 aliphatic carbocycles. The third-order valence-electron chi connectivity index (χ3n) is 3.53. The van der Waals surface area contributed by atoms with Gasteiger partial charge in [-0.05, 0) is 24.8 Å². The number of nitro groups is 1. The molecule has 1 aromatic rings. The predicted molar refractivity (Wildman–Crippen MR) is 79.1 cm³/mol. The highest BCUT2D eigenvalue weighted by atomic mass is 32.2. The zero-order chi connectivity index (χ0) is 15.3. The molecule has 0 atom stereocenters. The van der Waals surface area contributed by atoms with Crippen molar-refractivity contribution < 1.29 is 13.3 Å². The fraction of sp³-hybridized carbons (Fsp3) is 0.538. The van der Waals surface area contributed by atoms with Crippen molar-refractivity contribution in [3.63, 3.8) is 0 Å². The van der Waals surface area contributed by atoms with Gasteiger partial charge < -0.3 is 0 Å². The summed E-state index contributed by atoms with van der Waals surface area (Å²) in [7, 11) is -3.46. The highest BCUT2D eigenvalue weighted by Crippen LogP contribution is 2.18. The normalized spacial score (nSPS) is 16.2. The van der Waals surface area contributed by atoms with Crippen LogP contribution in [0, 0.1) is 10.1 Å². The molecule has 0 spiro atoms. The van der Waals surface area contributed by atoms with Crippen LogP contribution in [0.15, 0.2) is 24.3 Å². The quantitative estimate of drug-likeness (QED) is 0.588. The van der Waals surface area contributed by atoms with Gasteiger partial charge >= 0.3 is 0 Å². The lowest BCUT2D eigenvalue weighted by atomic mass is 10.1. The largest absolute Gasteiger partial charge is 0.277 e. The third-order valence-corrected chi connectivity index (χ3v) is 4.76. The molecule has 1 fully saturated rings. The van der Waals surface area contributed by atoms with Crippen molar-refractivity contribution in [3.05, 3.63) is 39.9 Å². The molecule has 0 saturated heterocycles. The zero-order valence-electron chi connectivity index (χ0n) is 11.6. The van der Waals surface area contributed by atoms with Gasteiger partial charge in [0.2, 0.25) is 0 Å². The lowest BCUT2D eigenvalue weighted by Gasteiger charge is -2.13. The highest BCUT2D eigenvalue weighted by molar-refractivity contribution is 7.87. The van der Waals surface area contributed by atoms with Crippen LogP contribution in [0.1, 0.15) is 31.2 Å². The van der Waals surface area contributed by atoms with Crippen molar-refractivity contribution >= 4 is 15.9 Å². The van der Waals surface area contributed by atoms with Crippen LogP contribution in [0.2, 0.25) is 0 Å². The molecule has 2 rings (SSSR count). The van der Waals surface area contributed by atoms with E-state index in [0.717, 1.165) is 31.2 Å². The fourth-order valence-electron chi connectivity index (χ4n) is 2.42. The van der Waals surface area contributed by atoms with Crippen LogP contribution in [0.4, 0.5) is 5.69 Å². The maximum Gasteiger partial charge on any atom is 0.277 e. The minimum atomic E-state index is -3.46. The Bertz CT molecular complexity index is 580. The first-order valence-corrected chi connectivity index (χ1v) is 8.45. The van der Waals surface area contributed by atoms with Crippen molar-refractivity contribution in [2.75, 3.05) is 6.54 Å². The SMILES string of the molecule is O=[N+]([O-])c1ccc(CCNS(=O)(=O)NC2CCCC2)cc1. The van der Waals surface area contributed by atoms with E-state index in [-0.39, 0.29) is 18.3 Å². The molecule has 0 amide bonds. The Morgan fingerprint density at radius 2 is 1.81 bits per heavy atom. The number of nitro benzene ring substituents is 1. The van der Waals surface area contributed by atoms with Crippen molar-refractivity contribution in [2.45, 2.75) is 38.1 Å². The second-order valence-corrected chi connectivity index (χ2v) is 6.70. The van der Waals surface area contributed by atoms with E-state index in [9.17, 15) is 18.5 Å². The summed E-state index contributed by atoms with van der Waals surface area (Å²) in [6.45, 7) is 0.264. The van der Waals surface area contributed by atoms with Crippen LogP contribution in [-0.2, 0) is 16.6 Å². The predicted octanol–water partition coefficient (Wildman–Crippen LogP) is 1.50. The molecule has 0 radical (unpaired) electrons. The van der Waals surface area contributed by atoms with Gasteiger partial charge in [0.25, 0.3) is 15.9 Å². The van der Waals surface area contributed by atoms with Crippen LogP contribution in [0.5, 0.6) is 0 Å². The summed E-state index contributed by atoms with van der Waals surface area (Å²) in [5.74, 6) is 0. The van der Waals surface area contributed by atoms with Crippen LogP contribution in [0.3, 0.4) is 0 Å². The minimum Gasteiger partial charge on any atom is -0.258 e. The molecule has 1 aromatic carbocycles. The number of non-ortho nitro benzene ring substituents is 1. The molecule has 0 bridgehead atoms. The Hall–Kier alpha value is -1.51. The molecule has 2 N–H and O–H groups in total. The first-order valence-electron chi connectivity index (χ1n) is 6.96. The van der Waals surface area contributed by atoms with Gasteiger partial charge in [-0.1, -0.05) is 25.0 Å². The number of hydrogen-bond acceptors (Lipinski definition) is 4. The number of hydrogen-bond donors (Lipinski definition) is 2. The Morgan fingerprint density at radius 1 is 1.19 bits per heavy atom. The molecule has 0 aliphatic heterocycles. The molecular weight excluding hydrogens is 294 g/mol. The van der Waals surface area contributed by atoms with Crippen LogP contribution in [0.25, 0.3) is 0 Å². The first kappa shape index (κ1) is 15.9. The van der Waals surface area contributed by atoms with E-state index in [1.165, 1.54) is 12.1 Å². The van der Waals surface area contributed by atoms with Gasteiger partial charge in [0.1, 0.15) is 0 Å². The molecular formula is C13H19N3O4S.